The van der Waals surface area contributed by atoms with E-state index in [1.54, 1.807) is 18.0 Å². The molecule has 0 aliphatic rings. The summed E-state index contributed by atoms with van der Waals surface area (Å²) >= 11 is 1.55. The molecule has 0 saturated carbocycles. The molecule has 1 aromatic carbocycles. The fraction of sp³-hybridized carbons (Fsp3) is 0.188. The Balaban J connectivity index is 1.73. The Morgan fingerprint density at radius 2 is 2.22 bits per heavy atom. The summed E-state index contributed by atoms with van der Waals surface area (Å²) in [6.07, 6.45) is 3.71. The second-order valence-electron chi connectivity index (χ2n) is 5.07. The van der Waals surface area contributed by atoms with Gasteiger partial charge in [-0.3, -0.25) is 4.79 Å². The molecular weight excluding hydrogens is 312 g/mol. The molecule has 0 atom stereocenters. The van der Waals surface area contributed by atoms with Gasteiger partial charge in [0.15, 0.2) is 5.16 Å². The van der Waals surface area contributed by atoms with Crippen LogP contribution in [0.4, 0.5) is 0 Å². The molecule has 0 unspecified atom stereocenters. The van der Waals surface area contributed by atoms with E-state index in [0.29, 0.717) is 22.7 Å². The number of hydrogen-bond acceptors (Lipinski definition) is 5. The molecule has 7 heteroatoms. The summed E-state index contributed by atoms with van der Waals surface area (Å²) in [5.41, 5.74) is 1.31. The number of aryl methyl sites for hydroxylation is 1. The molecule has 0 aliphatic carbocycles. The Morgan fingerprint density at radius 1 is 1.35 bits per heavy atom. The first-order valence-electron chi connectivity index (χ1n) is 7.30. The second-order valence-corrected chi connectivity index (χ2v) is 6.02. The number of rotatable bonds is 4. The minimum atomic E-state index is -0.249. The highest BCUT2D eigenvalue weighted by atomic mass is 32.2. The molecular formula is C16H14N4O2S. The van der Waals surface area contributed by atoms with Gasteiger partial charge >= 0.3 is 0 Å². The lowest BCUT2D eigenvalue weighted by atomic mass is 10.2. The average Bonchev–Trinajstić information content (AvgIpc) is 3.17. The van der Waals surface area contributed by atoms with Crippen molar-refractivity contribution >= 4 is 33.8 Å². The number of aromatic amines is 1. The molecule has 1 N–H and O–H groups in total. The van der Waals surface area contributed by atoms with E-state index < -0.39 is 0 Å². The molecule has 0 radical (unpaired) electrons. The Morgan fingerprint density at radius 3 is 3.09 bits per heavy atom. The van der Waals surface area contributed by atoms with Gasteiger partial charge in [0.2, 0.25) is 5.58 Å². The van der Waals surface area contributed by atoms with E-state index >= 15 is 0 Å². The standard InChI is InChI=1S/C16H14N4O2S/c1-2-20-8-7-17-16(20)23-9-12-18-13-10-5-3-4-6-11(10)22-14(13)15(21)19-12/h3-8H,2,9H2,1H3,(H,18,19,21). The maximum atomic E-state index is 12.2. The average molecular weight is 326 g/mol. The van der Waals surface area contributed by atoms with Crippen molar-refractivity contribution in [1.29, 1.82) is 0 Å². The Bertz CT molecular complexity index is 1050. The first-order valence-corrected chi connectivity index (χ1v) is 8.29. The normalized spacial score (nSPS) is 11.5. The summed E-state index contributed by atoms with van der Waals surface area (Å²) in [7, 11) is 0. The third-order valence-electron chi connectivity index (χ3n) is 3.64. The zero-order valence-electron chi connectivity index (χ0n) is 12.4. The van der Waals surface area contributed by atoms with Crippen LogP contribution >= 0.6 is 11.8 Å². The molecule has 0 spiro atoms. The number of hydrogen-bond donors (Lipinski definition) is 1. The summed E-state index contributed by atoms with van der Waals surface area (Å²) in [6, 6.07) is 7.53. The highest BCUT2D eigenvalue weighted by Gasteiger charge is 2.13. The molecule has 0 fully saturated rings. The lowest BCUT2D eigenvalue weighted by Crippen LogP contribution is -2.10. The van der Waals surface area contributed by atoms with Gasteiger partial charge in [0.05, 0.1) is 5.75 Å². The van der Waals surface area contributed by atoms with Crippen LogP contribution in [0.2, 0.25) is 0 Å². The van der Waals surface area contributed by atoms with E-state index in [-0.39, 0.29) is 11.1 Å². The topological polar surface area (TPSA) is 76.7 Å². The number of fused-ring (bicyclic) bond motifs is 3. The summed E-state index contributed by atoms with van der Waals surface area (Å²) in [4.78, 5) is 23.9. The van der Waals surface area contributed by atoms with Crippen LogP contribution in [0.15, 0.2) is 51.0 Å². The van der Waals surface area contributed by atoms with Crippen LogP contribution < -0.4 is 5.56 Å². The largest absolute Gasteiger partial charge is 0.449 e. The second kappa shape index (κ2) is 5.58. The van der Waals surface area contributed by atoms with E-state index in [0.717, 1.165) is 17.1 Å². The van der Waals surface area contributed by atoms with Gasteiger partial charge in [-0.2, -0.15) is 0 Å². The molecule has 116 valence electrons. The number of H-pyrrole nitrogens is 1. The highest BCUT2D eigenvalue weighted by Crippen LogP contribution is 2.25. The molecule has 3 aromatic heterocycles. The van der Waals surface area contributed by atoms with E-state index in [9.17, 15) is 4.79 Å². The predicted octanol–water partition coefficient (Wildman–Crippen LogP) is 3.18. The van der Waals surface area contributed by atoms with Crippen LogP contribution in [-0.4, -0.2) is 19.5 Å². The number of benzene rings is 1. The van der Waals surface area contributed by atoms with Crippen molar-refractivity contribution in [3.05, 3.63) is 52.8 Å². The summed E-state index contributed by atoms with van der Waals surface area (Å²) in [5.74, 6) is 1.16. The first-order chi connectivity index (χ1) is 11.3. The van der Waals surface area contributed by atoms with Crippen LogP contribution in [-0.2, 0) is 12.3 Å². The fourth-order valence-electron chi connectivity index (χ4n) is 2.53. The lowest BCUT2D eigenvalue weighted by Gasteiger charge is -2.03. The van der Waals surface area contributed by atoms with Crippen molar-refractivity contribution < 1.29 is 4.42 Å². The molecule has 0 saturated heterocycles. The van der Waals surface area contributed by atoms with E-state index in [2.05, 4.69) is 26.4 Å². The van der Waals surface area contributed by atoms with Crippen molar-refractivity contribution in [3.8, 4) is 0 Å². The smallest absolute Gasteiger partial charge is 0.294 e. The van der Waals surface area contributed by atoms with Crippen molar-refractivity contribution in [2.75, 3.05) is 0 Å². The van der Waals surface area contributed by atoms with Gasteiger partial charge in [0.1, 0.15) is 16.9 Å². The number of para-hydroxylation sites is 1. The highest BCUT2D eigenvalue weighted by molar-refractivity contribution is 7.98. The Labute approximate surface area is 135 Å². The van der Waals surface area contributed by atoms with E-state index in [1.165, 1.54) is 0 Å². The Hall–Kier alpha value is -2.54. The van der Waals surface area contributed by atoms with Crippen LogP contribution in [0, 0.1) is 0 Å². The maximum Gasteiger partial charge on any atom is 0.294 e. The van der Waals surface area contributed by atoms with Crippen molar-refractivity contribution in [2.24, 2.45) is 0 Å². The first kappa shape index (κ1) is 14.1. The van der Waals surface area contributed by atoms with Gasteiger partial charge in [-0.1, -0.05) is 23.9 Å². The van der Waals surface area contributed by atoms with Gasteiger partial charge in [0, 0.05) is 24.3 Å². The van der Waals surface area contributed by atoms with Crippen LogP contribution in [0.1, 0.15) is 12.7 Å². The number of nitrogens with one attached hydrogen (secondary N) is 1. The maximum absolute atomic E-state index is 12.2. The van der Waals surface area contributed by atoms with Crippen molar-refractivity contribution in [1.82, 2.24) is 19.5 Å². The van der Waals surface area contributed by atoms with Crippen LogP contribution in [0.3, 0.4) is 0 Å². The van der Waals surface area contributed by atoms with Gasteiger partial charge < -0.3 is 14.0 Å². The monoisotopic (exact) mass is 326 g/mol. The summed E-state index contributed by atoms with van der Waals surface area (Å²) in [5, 5.41) is 1.77. The molecule has 4 aromatic rings. The van der Waals surface area contributed by atoms with Crippen molar-refractivity contribution in [2.45, 2.75) is 24.4 Å². The lowest BCUT2D eigenvalue weighted by molar-refractivity contribution is 0.660. The van der Waals surface area contributed by atoms with Gasteiger partial charge in [0.25, 0.3) is 5.56 Å². The summed E-state index contributed by atoms with van der Waals surface area (Å²) in [6.45, 7) is 2.92. The zero-order valence-corrected chi connectivity index (χ0v) is 13.3. The predicted molar refractivity (Wildman–Crippen MR) is 89.6 cm³/mol. The fourth-order valence-corrected chi connectivity index (χ4v) is 3.42. The quantitative estimate of drug-likeness (QED) is 0.583. The minimum absolute atomic E-state index is 0.249. The number of aromatic nitrogens is 4. The molecule has 0 amide bonds. The third kappa shape index (κ3) is 2.43. The van der Waals surface area contributed by atoms with Crippen molar-refractivity contribution in [3.63, 3.8) is 0 Å². The molecule has 0 bridgehead atoms. The van der Waals surface area contributed by atoms with Gasteiger partial charge in [-0.05, 0) is 19.1 Å². The molecule has 4 rings (SSSR count). The van der Waals surface area contributed by atoms with E-state index in [1.807, 2.05) is 30.5 Å². The number of thioether (sulfide) groups is 1. The Kier molecular flexibility index (Phi) is 3.42. The van der Waals surface area contributed by atoms with Crippen LogP contribution in [0.5, 0.6) is 0 Å². The zero-order chi connectivity index (χ0) is 15.8. The van der Waals surface area contributed by atoms with Gasteiger partial charge in [-0.25, -0.2) is 9.97 Å². The molecule has 6 nitrogen and oxygen atoms in total. The number of furan rings is 1. The van der Waals surface area contributed by atoms with Gasteiger partial charge in [-0.15, -0.1) is 0 Å². The minimum Gasteiger partial charge on any atom is -0.449 e. The molecule has 3 heterocycles. The van der Waals surface area contributed by atoms with E-state index in [4.69, 9.17) is 4.42 Å². The SMILES string of the molecule is CCn1ccnc1SCc1nc2c(oc3ccccc32)c(=O)[nH]1. The number of nitrogens with zero attached hydrogens (tertiary/aromatic N) is 3. The molecule has 0 aliphatic heterocycles. The van der Waals surface area contributed by atoms with Crippen LogP contribution in [0.25, 0.3) is 22.1 Å². The third-order valence-corrected chi connectivity index (χ3v) is 4.65. The number of imidazole rings is 1. The molecule has 23 heavy (non-hydrogen) atoms. The summed E-state index contributed by atoms with van der Waals surface area (Å²) < 4.78 is 7.65.